The molecule has 1 unspecified atom stereocenters. The molecular weight excluding hydrogens is 243 g/mol. The summed E-state index contributed by atoms with van der Waals surface area (Å²) in [4.78, 5) is 0. The molecule has 3 rings (SSSR count). The summed E-state index contributed by atoms with van der Waals surface area (Å²) in [5.74, 6) is 0. The molecule has 1 aromatic heterocycles. The Hall–Kier alpha value is -1.66. The van der Waals surface area contributed by atoms with Gasteiger partial charge in [0.05, 0.1) is 0 Å². The van der Waals surface area contributed by atoms with Gasteiger partial charge in [-0.1, -0.05) is 12.1 Å². The van der Waals surface area contributed by atoms with Crippen LogP contribution in [0, 0.1) is 20.8 Å². The summed E-state index contributed by atoms with van der Waals surface area (Å²) < 4.78 is 17.8. The van der Waals surface area contributed by atoms with Gasteiger partial charge in [-0.25, -0.2) is 4.20 Å². The minimum Gasteiger partial charge on any atom is -0.249 e. The number of hydrogen-bond donors (Lipinski definition) is 0. The van der Waals surface area contributed by atoms with Crippen LogP contribution in [-0.2, 0) is 4.57 Å². The van der Waals surface area contributed by atoms with Gasteiger partial charge in [0.1, 0.15) is 0 Å². The molecule has 0 saturated carbocycles. The summed E-state index contributed by atoms with van der Waals surface area (Å²) in [6.07, 6.45) is 0. The first-order valence-corrected chi connectivity index (χ1v) is 7.11. The Balaban J connectivity index is 2.65. The van der Waals surface area contributed by atoms with Crippen LogP contribution < -0.4 is 0 Å². The van der Waals surface area contributed by atoms with Crippen molar-refractivity contribution in [3.8, 4) is 0 Å². The van der Waals surface area contributed by atoms with Crippen molar-refractivity contribution in [2.24, 2.45) is 0 Å². The van der Waals surface area contributed by atoms with Crippen molar-refractivity contribution in [1.29, 1.82) is 0 Å². The van der Waals surface area contributed by atoms with Crippen LogP contribution in [0.15, 0.2) is 34.5 Å². The second kappa shape index (κ2) is 3.93. The first kappa shape index (κ1) is 11.4. The van der Waals surface area contributed by atoms with Crippen molar-refractivity contribution in [3.05, 3.63) is 47.0 Å². The van der Waals surface area contributed by atoms with Gasteiger partial charge in [-0.2, -0.15) is 0 Å². The van der Waals surface area contributed by atoms with E-state index in [-0.39, 0.29) is 0 Å². The highest BCUT2D eigenvalue weighted by atomic mass is 31.1. The van der Waals surface area contributed by atoms with E-state index < -0.39 is 7.65 Å². The van der Waals surface area contributed by atoms with Gasteiger partial charge in [0.15, 0.2) is 5.58 Å². The van der Waals surface area contributed by atoms with Gasteiger partial charge in [0.2, 0.25) is 5.12 Å². The van der Waals surface area contributed by atoms with E-state index in [2.05, 4.69) is 25.1 Å². The van der Waals surface area contributed by atoms with E-state index in [1.54, 1.807) is 0 Å². The molecule has 3 heteroatoms. The average Bonchev–Trinajstić information content (AvgIpc) is 2.31. The molecule has 18 heavy (non-hydrogen) atoms. The van der Waals surface area contributed by atoms with E-state index in [1.807, 2.05) is 26.0 Å². The summed E-state index contributed by atoms with van der Waals surface area (Å²) in [6.45, 7) is 6.06. The molecule has 3 aromatic rings. The van der Waals surface area contributed by atoms with Crippen molar-refractivity contribution in [1.82, 2.24) is 0 Å². The van der Waals surface area contributed by atoms with E-state index in [0.717, 1.165) is 32.6 Å². The fourth-order valence-electron chi connectivity index (χ4n) is 2.43. The largest absolute Gasteiger partial charge is 0.597 e. The molecule has 2 aromatic carbocycles. The molecule has 0 bridgehead atoms. The normalized spacial score (nSPS) is 12.3. The van der Waals surface area contributed by atoms with Gasteiger partial charge >= 0.3 is 7.65 Å². The van der Waals surface area contributed by atoms with E-state index in [0.29, 0.717) is 0 Å². The van der Waals surface area contributed by atoms with Crippen LogP contribution in [0.3, 0.4) is 0 Å². The highest BCUT2D eigenvalue weighted by Crippen LogP contribution is 2.37. The van der Waals surface area contributed by atoms with Crippen LogP contribution >= 0.6 is 7.65 Å². The van der Waals surface area contributed by atoms with Crippen LogP contribution in [0.5, 0.6) is 0 Å². The molecule has 0 saturated heterocycles. The Bertz CT molecular complexity index is 831. The van der Waals surface area contributed by atoms with Crippen LogP contribution in [-0.4, -0.2) is 0 Å². The Morgan fingerprint density at radius 2 is 1.72 bits per heavy atom. The fraction of sp³-hybridized carbons (Fsp3) is 0.200. The lowest BCUT2D eigenvalue weighted by atomic mass is 10.0. The molecule has 1 atom stereocenters. The second-order valence-corrected chi connectivity index (χ2v) is 6.01. The number of hydrogen-bond acceptors (Lipinski definition) is 2. The van der Waals surface area contributed by atoms with Crippen LogP contribution in [0.4, 0.5) is 0 Å². The first-order chi connectivity index (χ1) is 8.56. The summed E-state index contributed by atoms with van der Waals surface area (Å²) >= 11 is 0. The Morgan fingerprint density at radius 1 is 0.944 bits per heavy atom. The summed E-state index contributed by atoms with van der Waals surface area (Å²) in [7, 11) is -1.79. The quantitative estimate of drug-likeness (QED) is 0.514. The maximum Gasteiger partial charge on any atom is 0.597 e. The third kappa shape index (κ3) is 1.65. The van der Waals surface area contributed by atoms with Crippen LogP contribution in [0.25, 0.3) is 21.5 Å². The molecule has 90 valence electrons. The molecule has 0 spiro atoms. The predicted octanol–water partition coefficient (Wildman–Crippen LogP) is 5.25. The molecular formula is C15H14O2P+. The second-order valence-electron chi connectivity index (χ2n) is 4.83. The fourth-order valence-corrected chi connectivity index (χ4v) is 3.64. The molecule has 1 heterocycles. The van der Waals surface area contributed by atoms with E-state index >= 15 is 0 Å². The molecule has 0 radical (unpaired) electrons. The van der Waals surface area contributed by atoms with Gasteiger partial charge < -0.3 is 0 Å². The molecule has 2 nitrogen and oxygen atoms in total. The number of aryl methyl sites for hydroxylation is 3. The van der Waals surface area contributed by atoms with Crippen molar-refractivity contribution >= 4 is 29.1 Å². The lowest BCUT2D eigenvalue weighted by Gasteiger charge is -2.02. The lowest BCUT2D eigenvalue weighted by molar-refractivity contribution is 0.563. The molecule has 0 aliphatic heterocycles. The Morgan fingerprint density at radius 3 is 2.50 bits per heavy atom. The average molecular weight is 257 g/mol. The van der Waals surface area contributed by atoms with E-state index in [1.165, 1.54) is 5.56 Å². The highest BCUT2D eigenvalue weighted by molar-refractivity contribution is 7.37. The molecule has 0 aliphatic carbocycles. The molecule has 0 aliphatic rings. The van der Waals surface area contributed by atoms with Crippen molar-refractivity contribution < 1.29 is 8.76 Å². The Kier molecular flexibility index (Phi) is 2.49. The van der Waals surface area contributed by atoms with Gasteiger partial charge in [-0.3, -0.25) is 0 Å². The summed E-state index contributed by atoms with van der Waals surface area (Å²) in [5, 5.41) is 2.90. The highest BCUT2D eigenvalue weighted by Gasteiger charge is 2.18. The van der Waals surface area contributed by atoms with E-state index in [4.69, 9.17) is 4.20 Å². The van der Waals surface area contributed by atoms with Gasteiger partial charge in [-0.05, 0) is 60.2 Å². The van der Waals surface area contributed by atoms with Crippen molar-refractivity contribution in [2.75, 3.05) is 0 Å². The maximum atomic E-state index is 12.2. The zero-order valence-corrected chi connectivity index (χ0v) is 11.5. The smallest absolute Gasteiger partial charge is 0.249 e. The summed E-state index contributed by atoms with van der Waals surface area (Å²) in [6, 6.07) is 10.2. The van der Waals surface area contributed by atoms with Gasteiger partial charge in [-0.15, -0.1) is 0 Å². The Labute approximate surface area is 106 Å². The van der Waals surface area contributed by atoms with Crippen molar-refractivity contribution in [2.45, 2.75) is 20.8 Å². The molecule has 0 amide bonds. The SMILES string of the molecule is Cc1cc(C)c2o[p+](=O)c3cc(C)ccc3c2c1. The predicted molar refractivity (Wildman–Crippen MR) is 75.5 cm³/mol. The maximum absolute atomic E-state index is 12.2. The number of fused-ring (bicyclic) bond motifs is 3. The van der Waals surface area contributed by atoms with Crippen molar-refractivity contribution in [3.63, 3.8) is 0 Å². The molecule has 0 fully saturated rings. The third-order valence-electron chi connectivity index (χ3n) is 3.23. The number of rotatable bonds is 0. The standard InChI is InChI=1S/C15H14O2P/c1-9-4-5-12-13-7-10(2)6-11(3)15(13)17-18(16)14(12)8-9/h4-8H,1-3H3/q+1. The van der Waals surface area contributed by atoms with Gasteiger partial charge in [0, 0.05) is 10.8 Å². The summed E-state index contributed by atoms with van der Waals surface area (Å²) in [5.41, 5.74) is 4.10. The zero-order valence-electron chi connectivity index (χ0n) is 10.7. The van der Waals surface area contributed by atoms with E-state index in [9.17, 15) is 4.57 Å². The van der Waals surface area contributed by atoms with Crippen LogP contribution in [0.2, 0.25) is 0 Å². The van der Waals surface area contributed by atoms with Gasteiger partial charge in [0.25, 0.3) is 0 Å². The topological polar surface area (TPSA) is 30.2 Å². The minimum atomic E-state index is -1.79. The third-order valence-corrected chi connectivity index (χ3v) is 4.35. The van der Waals surface area contributed by atoms with Crippen LogP contribution in [0.1, 0.15) is 16.7 Å². The lowest BCUT2D eigenvalue weighted by Crippen LogP contribution is -1.83. The number of benzene rings is 2. The first-order valence-electron chi connectivity index (χ1n) is 5.94. The molecule has 0 N–H and O–H groups in total. The zero-order chi connectivity index (χ0) is 12.9. The minimum absolute atomic E-state index is 0.762. The monoisotopic (exact) mass is 257 g/mol.